The van der Waals surface area contributed by atoms with Crippen LogP contribution >= 0.6 is 0 Å². The van der Waals surface area contributed by atoms with Crippen molar-refractivity contribution >= 4 is 6.21 Å². The molecule has 0 aromatic heterocycles. The lowest BCUT2D eigenvalue weighted by Gasteiger charge is -2.22. The Hall–Kier alpha value is -0.610. The van der Waals surface area contributed by atoms with E-state index in [-0.39, 0.29) is 18.3 Å². The van der Waals surface area contributed by atoms with Gasteiger partial charge in [-0.05, 0) is 20.8 Å². The number of oxime groups is 1. The summed E-state index contributed by atoms with van der Waals surface area (Å²) < 4.78 is 11.2. The highest BCUT2D eigenvalue weighted by Gasteiger charge is 2.45. The fourth-order valence-corrected chi connectivity index (χ4v) is 1.55. The molecule has 0 aromatic carbocycles. The molecule has 0 saturated carbocycles. The van der Waals surface area contributed by atoms with E-state index in [1.807, 2.05) is 20.8 Å². The van der Waals surface area contributed by atoms with Crippen molar-refractivity contribution in [3.05, 3.63) is 0 Å². The van der Waals surface area contributed by atoms with E-state index >= 15 is 0 Å². The molecule has 4 nitrogen and oxygen atoms in total. The van der Waals surface area contributed by atoms with Gasteiger partial charge in [-0.1, -0.05) is 5.16 Å². The predicted octanol–water partition coefficient (Wildman–Crippen LogP) is 0.911. The molecule has 0 aromatic rings. The van der Waals surface area contributed by atoms with Gasteiger partial charge < -0.3 is 14.3 Å². The predicted molar refractivity (Wildman–Crippen MR) is 42.9 cm³/mol. The van der Waals surface area contributed by atoms with Crippen molar-refractivity contribution in [2.24, 2.45) is 5.16 Å². The maximum Gasteiger partial charge on any atom is 0.164 e. The van der Waals surface area contributed by atoms with Crippen molar-refractivity contribution < 1.29 is 14.3 Å². The highest BCUT2D eigenvalue weighted by atomic mass is 16.8. The van der Waals surface area contributed by atoms with Gasteiger partial charge in [-0.15, -0.1) is 0 Å². The Kier molecular flexibility index (Phi) is 1.63. The smallest absolute Gasteiger partial charge is 0.164 e. The minimum absolute atomic E-state index is 0.0162. The van der Waals surface area contributed by atoms with Gasteiger partial charge in [0.1, 0.15) is 12.2 Å². The van der Waals surface area contributed by atoms with Crippen molar-refractivity contribution in [2.45, 2.75) is 44.9 Å². The summed E-state index contributed by atoms with van der Waals surface area (Å²) in [5, 5.41) is 3.74. The summed E-state index contributed by atoms with van der Waals surface area (Å²) in [6, 6.07) is 0. The van der Waals surface area contributed by atoms with Gasteiger partial charge in [-0.25, -0.2) is 0 Å². The second-order valence-corrected chi connectivity index (χ2v) is 3.63. The molecular weight excluding hydrogens is 158 g/mol. The summed E-state index contributed by atoms with van der Waals surface area (Å²) in [4.78, 5) is 5.05. The maximum absolute atomic E-state index is 5.63. The first-order chi connectivity index (χ1) is 5.58. The van der Waals surface area contributed by atoms with Crippen molar-refractivity contribution in [1.29, 1.82) is 0 Å². The lowest BCUT2D eigenvalue weighted by Crippen LogP contribution is -2.38. The third-order valence-electron chi connectivity index (χ3n) is 2.06. The molecule has 68 valence electrons. The van der Waals surface area contributed by atoms with Gasteiger partial charge in [0.15, 0.2) is 11.9 Å². The summed E-state index contributed by atoms with van der Waals surface area (Å²) >= 11 is 0. The standard InChI is InChI=1S/C8H13NO3/c1-5-7-6(4-9-12-5)10-8(2,3)11-7/h4-7H,1-3H3/t5-,6-,7+/m0/s1. The van der Waals surface area contributed by atoms with Crippen molar-refractivity contribution in [2.75, 3.05) is 0 Å². The highest BCUT2D eigenvalue weighted by Crippen LogP contribution is 2.31. The lowest BCUT2D eigenvalue weighted by molar-refractivity contribution is -0.153. The van der Waals surface area contributed by atoms with E-state index in [4.69, 9.17) is 14.3 Å². The van der Waals surface area contributed by atoms with Crippen LogP contribution in [0.25, 0.3) is 0 Å². The molecule has 0 aliphatic carbocycles. The first-order valence-corrected chi connectivity index (χ1v) is 4.13. The first kappa shape index (κ1) is 8.01. The van der Waals surface area contributed by atoms with Crippen molar-refractivity contribution in [3.8, 4) is 0 Å². The Morgan fingerprint density at radius 2 is 2.08 bits per heavy atom. The molecule has 0 N–H and O–H groups in total. The monoisotopic (exact) mass is 171 g/mol. The molecule has 0 spiro atoms. The molecule has 1 fully saturated rings. The molecule has 2 heterocycles. The largest absolute Gasteiger partial charge is 0.390 e. The van der Waals surface area contributed by atoms with Crippen molar-refractivity contribution in [1.82, 2.24) is 0 Å². The molecule has 2 aliphatic rings. The third-order valence-corrected chi connectivity index (χ3v) is 2.06. The van der Waals surface area contributed by atoms with E-state index in [2.05, 4.69) is 5.16 Å². The zero-order valence-corrected chi connectivity index (χ0v) is 7.48. The number of hydrogen-bond acceptors (Lipinski definition) is 4. The van der Waals surface area contributed by atoms with Crippen LogP contribution in [0.4, 0.5) is 0 Å². The quantitative estimate of drug-likeness (QED) is 0.544. The van der Waals surface area contributed by atoms with Crippen LogP contribution in [0.5, 0.6) is 0 Å². The van der Waals surface area contributed by atoms with Crippen LogP contribution in [0.2, 0.25) is 0 Å². The average Bonchev–Trinajstić information content (AvgIpc) is 2.25. The molecule has 1 saturated heterocycles. The Balaban J connectivity index is 2.17. The second kappa shape index (κ2) is 2.44. The van der Waals surface area contributed by atoms with Crippen LogP contribution in [0, 0.1) is 0 Å². The number of hydrogen-bond donors (Lipinski definition) is 0. The molecule has 0 unspecified atom stereocenters. The molecule has 4 heteroatoms. The van der Waals surface area contributed by atoms with E-state index in [0.29, 0.717) is 0 Å². The second-order valence-electron chi connectivity index (χ2n) is 3.63. The van der Waals surface area contributed by atoms with Crippen molar-refractivity contribution in [3.63, 3.8) is 0 Å². The number of rotatable bonds is 0. The summed E-state index contributed by atoms with van der Waals surface area (Å²) in [5.41, 5.74) is 0. The molecule has 0 bridgehead atoms. The molecule has 0 amide bonds. The zero-order chi connectivity index (χ0) is 8.77. The lowest BCUT2D eigenvalue weighted by atomic mass is 10.1. The van der Waals surface area contributed by atoms with Crippen LogP contribution in [-0.4, -0.2) is 30.3 Å². The number of fused-ring (bicyclic) bond motifs is 1. The zero-order valence-electron chi connectivity index (χ0n) is 7.48. The van der Waals surface area contributed by atoms with E-state index in [1.165, 1.54) is 0 Å². The highest BCUT2D eigenvalue weighted by molar-refractivity contribution is 5.64. The number of nitrogens with zero attached hydrogens (tertiary/aromatic N) is 1. The summed E-state index contributed by atoms with van der Waals surface area (Å²) in [5.74, 6) is -0.511. The molecule has 0 radical (unpaired) electrons. The van der Waals surface area contributed by atoms with Gasteiger partial charge in [-0.3, -0.25) is 0 Å². The van der Waals surface area contributed by atoms with E-state index in [1.54, 1.807) is 6.21 Å². The Labute approximate surface area is 71.5 Å². The molecule has 2 aliphatic heterocycles. The fraction of sp³-hybridized carbons (Fsp3) is 0.875. The molecule has 2 rings (SSSR count). The minimum Gasteiger partial charge on any atom is -0.390 e. The van der Waals surface area contributed by atoms with Crippen LogP contribution in [0.1, 0.15) is 20.8 Å². The summed E-state index contributed by atoms with van der Waals surface area (Å²) in [7, 11) is 0. The fourth-order valence-electron chi connectivity index (χ4n) is 1.55. The number of ether oxygens (including phenoxy) is 2. The van der Waals surface area contributed by atoms with Gasteiger partial charge in [0, 0.05) is 0 Å². The molecule has 12 heavy (non-hydrogen) atoms. The average molecular weight is 171 g/mol. The minimum atomic E-state index is -0.511. The first-order valence-electron chi connectivity index (χ1n) is 4.13. The van der Waals surface area contributed by atoms with E-state index in [0.717, 1.165) is 0 Å². The topological polar surface area (TPSA) is 40.0 Å². The Bertz CT molecular complexity index is 214. The van der Waals surface area contributed by atoms with Crippen LogP contribution < -0.4 is 0 Å². The SMILES string of the molecule is C[C@@H]1ON=C[C@@H]2OC(C)(C)O[C@H]12. The van der Waals surface area contributed by atoms with E-state index in [9.17, 15) is 0 Å². The van der Waals surface area contributed by atoms with Crippen LogP contribution in [0.3, 0.4) is 0 Å². The van der Waals surface area contributed by atoms with Crippen LogP contribution in [-0.2, 0) is 14.3 Å². The van der Waals surface area contributed by atoms with Gasteiger partial charge in [0.05, 0.1) is 6.21 Å². The van der Waals surface area contributed by atoms with Crippen LogP contribution in [0.15, 0.2) is 5.16 Å². The Morgan fingerprint density at radius 1 is 1.33 bits per heavy atom. The van der Waals surface area contributed by atoms with Gasteiger partial charge >= 0.3 is 0 Å². The van der Waals surface area contributed by atoms with Gasteiger partial charge in [0.25, 0.3) is 0 Å². The summed E-state index contributed by atoms with van der Waals surface area (Å²) in [6.45, 7) is 5.72. The maximum atomic E-state index is 5.63. The van der Waals surface area contributed by atoms with Gasteiger partial charge in [0.2, 0.25) is 0 Å². The molecular formula is C8H13NO3. The Morgan fingerprint density at radius 3 is 2.75 bits per heavy atom. The molecule has 3 atom stereocenters. The summed E-state index contributed by atoms with van der Waals surface area (Å²) in [6.07, 6.45) is 1.56. The third kappa shape index (κ3) is 1.21. The van der Waals surface area contributed by atoms with E-state index < -0.39 is 5.79 Å². The normalized spacial score (nSPS) is 43.8. The van der Waals surface area contributed by atoms with Gasteiger partial charge in [-0.2, -0.15) is 0 Å².